The van der Waals surface area contributed by atoms with Crippen molar-refractivity contribution in [2.24, 2.45) is 5.92 Å². The molecule has 1 atom stereocenters. The second-order valence-electron chi connectivity index (χ2n) is 9.72. The lowest BCUT2D eigenvalue weighted by atomic mass is 10.1. The third-order valence-corrected chi connectivity index (χ3v) is 8.91. The Morgan fingerprint density at radius 3 is 2.20 bits per heavy atom. The van der Waals surface area contributed by atoms with Crippen LogP contribution in [-0.2, 0) is 26.2 Å². The van der Waals surface area contributed by atoms with Gasteiger partial charge in [-0.15, -0.1) is 0 Å². The summed E-state index contributed by atoms with van der Waals surface area (Å²) in [6.45, 7) is 5.21. The summed E-state index contributed by atoms with van der Waals surface area (Å²) < 4.78 is 33.9. The van der Waals surface area contributed by atoms with Gasteiger partial charge in [0, 0.05) is 23.1 Å². The maximum absolute atomic E-state index is 14.0. The van der Waals surface area contributed by atoms with Crippen molar-refractivity contribution in [3.63, 3.8) is 0 Å². The van der Waals surface area contributed by atoms with Gasteiger partial charge < -0.3 is 15.0 Å². The minimum absolute atomic E-state index is 0.0187. The molecule has 2 amide bonds. The van der Waals surface area contributed by atoms with E-state index in [0.29, 0.717) is 27.9 Å². The Balaban J connectivity index is 2.06. The Kier molecular flexibility index (Phi) is 11.3. The molecule has 41 heavy (non-hydrogen) atoms. The summed E-state index contributed by atoms with van der Waals surface area (Å²) in [5.41, 5.74) is 0.687. The number of sulfonamides is 1. The van der Waals surface area contributed by atoms with Crippen LogP contribution in [0.3, 0.4) is 0 Å². The molecule has 0 aromatic heterocycles. The molecule has 0 aliphatic rings. The summed E-state index contributed by atoms with van der Waals surface area (Å²) in [7, 11) is -2.79. The number of halogens is 3. The molecule has 1 N–H and O–H groups in total. The van der Waals surface area contributed by atoms with E-state index in [0.717, 1.165) is 4.31 Å². The number of nitrogens with zero attached hydrogens (tertiary/aromatic N) is 2. The van der Waals surface area contributed by atoms with Gasteiger partial charge in [0.05, 0.1) is 22.7 Å². The van der Waals surface area contributed by atoms with E-state index in [1.54, 1.807) is 37.3 Å². The molecule has 0 aliphatic heterocycles. The topological polar surface area (TPSA) is 96.0 Å². The molecule has 0 aliphatic carbocycles. The summed E-state index contributed by atoms with van der Waals surface area (Å²) in [5.74, 6) is -0.489. The van der Waals surface area contributed by atoms with E-state index in [1.165, 1.54) is 48.4 Å². The Hall–Kier alpha value is -2.98. The predicted octanol–water partition coefficient (Wildman–Crippen LogP) is 6.04. The number of hydrogen-bond acceptors (Lipinski definition) is 5. The smallest absolute Gasteiger partial charge is 0.264 e. The van der Waals surface area contributed by atoms with Crippen molar-refractivity contribution in [1.82, 2.24) is 10.2 Å². The molecule has 3 aromatic rings. The number of methoxy groups -OCH3 is 1. The average Bonchev–Trinajstić information content (AvgIpc) is 2.94. The summed E-state index contributed by atoms with van der Waals surface area (Å²) in [4.78, 5) is 28.4. The number of ether oxygens (including phenoxy) is 1. The van der Waals surface area contributed by atoms with Crippen LogP contribution < -0.4 is 14.4 Å². The van der Waals surface area contributed by atoms with Gasteiger partial charge in [-0.1, -0.05) is 72.9 Å². The molecule has 0 heterocycles. The number of carbonyl (C=O) groups excluding carboxylic acids is 2. The Bertz CT molecular complexity index is 1490. The zero-order valence-electron chi connectivity index (χ0n) is 23.1. The SMILES string of the molecule is COc1ccc(N(CC(=O)N(Cc2ccc(Cl)cc2Cl)[C@@H](C)C(=O)NCC(C)C)S(=O)(=O)c2ccccc2)cc1Cl. The van der Waals surface area contributed by atoms with Gasteiger partial charge >= 0.3 is 0 Å². The first-order valence-corrected chi connectivity index (χ1v) is 15.3. The lowest BCUT2D eigenvalue weighted by Crippen LogP contribution is -2.51. The normalized spacial score (nSPS) is 12.1. The Morgan fingerprint density at radius 1 is 0.927 bits per heavy atom. The third kappa shape index (κ3) is 8.29. The molecule has 220 valence electrons. The highest BCUT2D eigenvalue weighted by Crippen LogP contribution is 2.32. The van der Waals surface area contributed by atoms with Crippen LogP contribution >= 0.6 is 34.8 Å². The van der Waals surface area contributed by atoms with Gasteiger partial charge in [0.25, 0.3) is 10.0 Å². The van der Waals surface area contributed by atoms with E-state index in [1.807, 2.05) is 13.8 Å². The van der Waals surface area contributed by atoms with Gasteiger partial charge in [-0.3, -0.25) is 13.9 Å². The Labute approximate surface area is 256 Å². The van der Waals surface area contributed by atoms with E-state index in [-0.39, 0.29) is 34.0 Å². The molecule has 0 radical (unpaired) electrons. The van der Waals surface area contributed by atoms with Gasteiger partial charge in [-0.2, -0.15) is 0 Å². The van der Waals surface area contributed by atoms with Crippen molar-refractivity contribution in [3.8, 4) is 5.75 Å². The van der Waals surface area contributed by atoms with Crippen molar-refractivity contribution in [2.45, 2.75) is 38.3 Å². The number of carbonyl (C=O) groups is 2. The van der Waals surface area contributed by atoms with Crippen LogP contribution in [0.4, 0.5) is 5.69 Å². The molecule has 0 saturated carbocycles. The zero-order chi connectivity index (χ0) is 30.3. The van der Waals surface area contributed by atoms with E-state index < -0.39 is 28.5 Å². The second-order valence-corrected chi connectivity index (χ2v) is 12.8. The second kappa shape index (κ2) is 14.3. The number of nitrogens with one attached hydrogen (secondary N) is 1. The highest BCUT2D eigenvalue weighted by molar-refractivity contribution is 7.92. The van der Waals surface area contributed by atoms with Crippen molar-refractivity contribution >= 4 is 62.3 Å². The van der Waals surface area contributed by atoms with Gasteiger partial charge in [0.2, 0.25) is 11.8 Å². The highest BCUT2D eigenvalue weighted by Gasteiger charge is 2.33. The van der Waals surface area contributed by atoms with Crippen LogP contribution in [0, 0.1) is 5.92 Å². The first-order chi connectivity index (χ1) is 19.3. The molecule has 8 nitrogen and oxygen atoms in total. The van der Waals surface area contributed by atoms with E-state index in [9.17, 15) is 18.0 Å². The maximum atomic E-state index is 14.0. The van der Waals surface area contributed by atoms with Gasteiger partial charge in [0.15, 0.2) is 0 Å². The fourth-order valence-corrected chi connectivity index (χ4v) is 6.07. The molecule has 0 saturated heterocycles. The average molecular weight is 641 g/mol. The standard InChI is InChI=1S/C29H32Cl3N3O5S/c1-19(2)16-33-29(37)20(3)34(17-21-10-11-22(30)14-25(21)31)28(36)18-35(23-12-13-27(40-4)26(32)15-23)41(38,39)24-8-6-5-7-9-24/h5-15,19-20H,16-18H2,1-4H3,(H,33,37)/t20-/m0/s1. The van der Waals surface area contributed by atoms with Crippen LogP contribution in [-0.4, -0.2) is 51.4 Å². The number of anilines is 1. The zero-order valence-corrected chi connectivity index (χ0v) is 26.2. The molecule has 0 unspecified atom stereocenters. The maximum Gasteiger partial charge on any atom is 0.264 e. The summed E-state index contributed by atoms with van der Waals surface area (Å²) in [6.07, 6.45) is 0. The van der Waals surface area contributed by atoms with Crippen LogP contribution in [0.25, 0.3) is 0 Å². The number of benzene rings is 3. The van der Waals surface area contributed by atoms with Gasteiger partial charge in [-0.05, 0) is 60.9 Å². The van der Waals surface area contributed by atoms with Crippen LogP contribution in [0.2, 0.25) is 15.1 Å². The molecule has 0 bridgehead atoms. The molecule has 0 spiro atoms. The summed E-state index contributed by atoms with van der Waals surface area (Å²) >= 11 is 18.8. The third-order valence-electron chi connectivity index (χ3n) is 6.24. The molecular formula is C29H32Cl3N3O5S. The minimum Gasteiger partial charge on any atom is -0.495 e. The van der Waals surface area contributed by atoms with Crippen LogP contribution in [0.5, 0.6) is 5.75 Å². The fraction of sp³-hybridized carbons (Fsp3) is 0.310. The molecular weight excluding hydrogens is 609 g/mol. The number of amides is 2. The fourth-order valence-electron chi connectivity index (χ4n) is 3.93. The lowest BCUT2D eigenvalue weighted by molar-refractivity contribution is -0.139. The monoisotopic (exact) mass is 639 g/mol. The van der Waals surface area contributed by atoms with Crippen LogP contribution in [0.1, 0.15) is 26.3 Å². The summed E-state index contributed by atoms with van der Waals surface area (Å²) in [5, 5.41) is 3.72. The van der Waals surface area contributed by atoms with E-state index >= 15 is 0 Å². The first kappa shape index (κ1) is 32.5. The first-order valence-electron chi connectivity index (χ1n) is 12.8. The Morgan fingerprint density at radius 2 is 1.61 bits per heavy atom. The van der Waals surface area contributed by atoms with Crippen LogP contribution in [0.15, 0.2) is 71.6 Å². The van der Waals surface area contributed by atoms with Crippen molar-refractivity contribution in [3.05, 3.63) is 87.4 Å². The molecule has 12 heteroatoms. The number of hydrogen-bond donors (Lipinski definition) is 1. The predicted molar refractivity (Wildman–Crippen MR) is 163 cm³/mol. The molecule has 3 rings (SSSR count). The van der Waals surface area contributed by atoms with Crippen molar-refractivity contribution in [2.75, 3.05) is 24.5 Å². The number of rotatable bonds is 12. The van der Waals surface area contributed by atoms with Gasteiger partial charge in [0.1, 0.15) is 18.3 Å². The van der Waals surface area contributed by atoms with Gasteiger partial charge in [-0.25, -0.2) is 8.42 Å². The minimum atomic E-state index is -4.23. The van der Waals surface area contributed by atoms with E-state index in [2.05, 4.69) is 5.32 Å². The quantitative estimate of drug-likeness (QED) is 0.261. The lowest BCUT2D eigenvalue weighted by Gasteiger charge is -2.32. The highest BCUT2D eigenvalue weighted by atomic mass is 35.5. The van der Waals surface area contributed by atoms with Crippen molar-refractivity contribution in [1.29, 1.82) is 0 Å². The summed E-state index contributed by atoms with van der Waals surface area (Å²) in [6, 6.07) is 16.0. The molecule has 3 aromatic carbocycles. The molecule has 0 fully saturated rings. The largest absolute Gasteiger partial charge is 0.495 e. The van der Waals surface area contributed by atoms with Crippen molar-refractivity contribution < 1.29 is 22.7 Å². The van der Waals surface area contributed by atoms with E-state index in [4.69, 9.17) is 39.5 Å².